The Bertz CT molecular complexity index is 509. The number of fused-ring (bicyclic) bond motifs is 1. The lowest BCUT2D eigenvalue weighted by molar-refractivity contribution is 0.395. The molecule has 0 unspecified atom stereocenters. The van der Waals surface area contributed by atoms with Crippen molar-refractivity contribution in [1.82, 2.24) is 9.55 Å². The third kappa shape index (κ3) is 1.23. The Hall–Kier alpha value is -1.51. The van der Waals surface area contributed by atoms with Crippen LogP contribution in [0.15, 0.2) is 18.2 Å². The molecule has 0 saturated heterocycles. The average Bonchev–Trinajstić information content (AvgIpc) is 2.41. The van der Waals surface area contributed by atoms with Gasteiger partial charge in [-0.15, -0.1) is 0 Å². The maximum Gasteiger partial charge on any atom is 0.112 e. The molecule has 1 aromatic heterocycles. The van der Waals surface area contributed by atoms with Gasteiger partial charge in [-0.05, 0) is 31.0 Å². The summed E-state index contributed by atoms with van der Waals surface area (Å²) in [4.78, 5) is 4.68. The molecule has 0 atom stereocenters. The molecule has 0 radical (unpaired) electrons. The van der Waals surface area contributed by atoms with Crippen LogP contribution in [-0.2, 0) is 7.05 Å². The fraction of sp³-hybridized carbons (Fsp3) is 0.417. The van der Waals surface area contributed by atoms with Crippen LogP contribution in [0, 0.1) is 0 Å². The van der Waals surface area contributed by atoms with Gasteiger partial charge in [0.15, 0.2) is 0 Å². The van der Waals surface area contributed by atoms with Crippen LogP contribution in [0.1, 0.15) is 31.0 Å². The Balaban J connectivity index is 2.19. The van der Waals surface area contributed by atoms with Crippen LogP contribution in [0.2, 0.25) is 0 Å². The van der Waals surface area contributed by atoms with Crippen LogP contribution in [0.4, 0.5) is 5.69 Å². The first-order valence-corrected chi connectivity index (χ1v) is 5.47. The van der Waals surface area contributed by atoms with Crippen LogP contribution in [-0.4, -0.2) is 9.55 Å². The molecular formula is C12H15N3. The second-order valence-corrected chi connectivity index (χ2v) is 4.40. The number of imidazole rings is 1. The Kier molecular flexibility index (Phi) is 1.75. The molecule has 3 rings (SSSR count). The zero-order valence-corrected chi connectivity index (χ0v) is 8.90. The van der Waals surface area contributed by atoms with E-state index in [1.54, 1.807) is 0 Å². The van der Waals surface area contributed by atoms with Gasteiger partial charge in [0.1, 0.15) is 5.82 Å². The van der Waals surface area contributed by atoms with Crippen LogP contribution >= 0.6 is 0 Å². The first-order valence-electron chi connectivity index (χ1n) is 5.47. The van der Waals surface area contributed by atoms with E-state index in [0.29, 0.717) is 5.92 Å². The van der Waals surface area contributed by atoms with Gasteiger partial charge < -0.3 is 10.3 Å². The molecule has 1 aliphatic carbocycles. The van der Waals surface area contributed by atoms with Crippen LogP contribution in [0.5, 0.6) is 0 Å². The highest BCUT2D eigenvalue weighted by molar-refractivity contribution is 5.79. The van der Waals surface area contributed by atoms with E-state index < -0.39 is 0 Å². The minimum Gasteiger partial charge on any atom is -0.399 e. The average molecular weight is 201 g/mol. The number of nitrogens with zero attached hydrogens (tertiary/aromatic N) is 2. The molecule has 0 aliphatic heterocycles. The van der Waals surface area contributed by atoms with Crippen molar-refractivity contribution in [2.45, 2.75) is 25.2 Å². The summed E-state index contributed by atoms with van der Waals surface area (Å²) in [5.74, 6) is 1.89. The van der Waals surface area contributed by atoms with Crippen molar-refractivity contribution in [2.24, 2.45) is 7.05 Å². The predicted molar refractivity (Wildman–Crippen MR) is 61.7 cm³/mol. The standard InChI is InChI=1S/C12H15N3/c1-15-11-6-5-9(13)7-10(11)14-12(15)8-3-2-4-8/h5-8H,2-4,13H2,1H3. The maximum atomic E-state index is 5.76. The summed E-state index contributed by atoms with van der Waals surface area (Å²) in [5, 5.41) is 0. The van der Waals surface area contributed by atoms with Crippen LogP contribution in [0.3, 0.4) is 0 Å². The van der Waals surface area contributed by atoms with Gasteiger partial charge in [-0.3, -0.25) is 0 Å². The molecule has 78 valence electrons. The molecule has 0 bridgehead atoms. The Morgan fingerprint density at radius 1 is 1.40 bits per heavy atom. The van der Waals surface area contributed by atoms with Crippen molar-refractivity contribution in [3.8, 4) is 0 Å². The molecule has 1 aromatic carbocycles. The molecule has 1 heterocycles. The summed E-state index contributed by atoms with van der Waals surface area (Å²) in [6.07, 6.45) is 3.91. The Morgan fingerprint density at radius 2 is 2.20 bits per heavy atom. The SMILES string of the molecule is Cn1c(C2CCC2)nc2cc(N)ccc21. The van der Waals surface area contributed by atoms with Crippen LogP contribution < -0.4 is 5.73 Å². The second kappa shape index (κ2) is 2.99. The lowest BCUT2D eigenvalue weighted by atomic mass is 9.85. The summed E-state index contributed by atoms with van der Waals surface area (Å²) < 4.78 is 2.21. The number of benzene rings is 1. The number of aryl methyl sites for hydroxylation is 1. The Labute approximate surface area is 88.9 Å². The van der Waals surface area contributed by atoms with Crippen molar-refractivity contribution < 1.29 is 0 Å². The van der Waals surface area contributed by atoms with E-state index in [4.69, 9.17) is 5.73 Å². The molecule has 2 N–H and O–H groups in total. The van der Waals surface area contributed by atoms with E-state index in [1.165, 1.54) is 30.6 Å². The van der Waals surface area contributed by atoms with Gasteiger partial charge in [0.05, 0.1) is 11.0 Å². The van der Waals surface area contributed by atoms with Gasteiger partial charge in [-0.25, -0.2) is 4.98 Å². The van der Waals surface area contributed by atoms with Gasteiger partial charge in [0.2, 0.25) is 0 Å². The smallest absolute Gasteiger partial charge is 0.112 e. The van der Waals surface area contributed by atoms with Gasteiger partial charge in [0.25, 0.3) is 0 Å². The van der Waals surface area contributed by atoms with Gasteiger partial charge in [0, 0.05) is 18.7 Å². The Morgan fingerprint density at radius 3 is 2.87 bits per heavy atom. The van der Waals surface area contributed by atoms with E-state index in [1.807, 2.05) is 12.1 Å². The maximum absolute atomic E-state index is 5.76. The van der Waals surface area contributed by atoms with E-state index >= 15 is 0 Å². The van der Waals surface area contributed by atoms with Crippen molar-refractivity contribution in [1.29, 1.82) is 0 Å². The third-order valence-corrected chi connectivity index (χ3v) is 3.41. The van der Waals surface area contributed by atoms with Gasteiger partial charge >= 0.3 is 0 Å². The zero-order valence-electron chi connectivity index (χ0n) is 8.90. The van der Waals surface area contributed by atoms with Gasteiger partial charge in [-0.2, -0.15) is 0 Å². The lowest BCUT2D eigenvalue weighted by Crippen LogP contribution is -2.13. The van der Waals surface area contributed by atoms with E-state index in [0.717, 1.165) is 11.2 Å². The van der Waals surface area contributed by atoms with Crippen molar-refractivity contribution in [3.05, 3.63) is 24.0 Å². The molecule has 0 spiro atoms. The predicted octanol–water partition coefficient (Wildman–Crippen LogP) is 2.42. The first kappa shape index (κ1) is 8.77. The lowest BCUT2D eigenvalue weighted by Gasteiger charge is -2.24. The monoisotopic (exact) mass is 201 g/mol. The van der Waals surface area contributed by atoms with E-state index in [9.17, 15) is 0 Å². The minimum atomic E-state index is 0.670. The van der Waals surface area contributed by atoms with E-state index in [-0.39, 0.29) is 0 Å². The molecule has 3 nitrogen and oxygen atoms in total. The molecule has 15 heavy (non-hydrogen) atoms. The number of rotatable bonds is 1. The summed E-state index contributed by atoms with van der Waals surface area (Å²) in [6, 6.07) is 5.95. The quantitative estimate of drug-likeness (QED) is 0.720. The molecular weight excluding hydrogens is 186 g/mol. The fourth-order valence-electron chi connectivity index (χ4n) is 2.27. The number of nitrogen functional groups attached to an aromatic ring is 1. The summed E-state index contributed by atoms with van der Waals surface area (Å²) in [5.41, 5.74) is 8.76. The summed E-state index contributed by atoms with van der Waals surface area (Å²) in [6.45, 7) is 0. The fourth-order valence-corrected chi connectivity index (χ4v) is 2.27. The molecule has 1 saturated carbocycles. The van der Waals surface area contributed by atoms with Gasteiger partial charge in [-0.1, -0.05) is 6.42 Å². The highest BCUT2D eigenvalue weighted by Crippen LogP contribution is 2.36. The molecule has 1 fully saturated rings. The summed E-state index contributed by atoms with van der Waals surface area (Å²) >= 11 is 0. The first-order chi connectivity index (χ1) is 7.25. The molecule has 0 amide bonds. The highest BCUT2D eigenvalue weighted by Gasteiger charge is 2.24. The normalized spacial score (nSPS) is 16.9. The topological polar surface area (TPSA) is 43.8 Å². The third-order valence-electron chi connectivity index (χ3n) is 3.41. The van der Waals surface area contributed by atoms with Crippen molar-refractivity contribution >= 4 is 16.7 Å². The zero-order chi connectivity index (χ0) is 10.4. The van der Waals surface area contributed by atoms with Crippen LogP contribution in [0.25, 0.3) is 11.0 Å². The molecule has 2 aromatic rings. The van der Waals surface area contributed by atoms with Crippen molar-refractivity contribution in [3.63, 3.8) is 0 Å². The minimum absolute atomic E-state index is 0.670. The largest absolute Gasteiger partial charge is 0.399 e. The number of nitrogens with two attached hydrogens (primary N) is 1. The molecule has 1 aliphatic rings. The second-order valence-electron chi connectivity index (χ2n) is 4.40. The number of hydrogen-bond donors (Lipinski definition) is 1. The number of hydrogen-bond acceptors (Lipinski definition) is 2. The highest BCUT2D eigenvalue weighted by atomic mass is 15.1. The molecule has 3 heteroatoms. The van der Waals surface area contributed by atoms with Crippen molar-refractivity contribution in [2.75, 3.05) is 5.73 Å². The number of anilines is 1. The summed E-state index contributed by atoms with van der Waals surface area (Å²) in [7, 11) is 2.10. The van der Waals surface area contributed by atoms with E-state index in [2.05, 4.69) is 22.7 Å². The number of aromatic nitrogens is 2.